The van der Waals surface area contributed by atoms with Gasteiger partial charge in [-0.2, -0.15) is 0 Å². The Kier molecular flexibility index (Phi) is 6.82. The molecule has 0 aliphatic heterocycles. The molecule has 0 spiro atoms. The summed E-state index contributed by atoms with van der Waals surface area (Å²) in [5.74, 6) is -0.591. The topological polar surface area (TPSA) is 81.6 Å². The van der Waals surface area contributed by atoms with Crippen LogP contribution in [-0.4, -0.2) is 21.9 Å². The van der Waals surface area contributed by atoms with Gasteiger partial charge in [0.25, 0.3) is 0 Å². The van der Waals surface area contributed by atoms with Crippen LogP contribution < -0.4 is 5.73 Å². The van der Waals surface area contributed by atoms with E-state index in [1.807, 2.05) is 39.1 Å². The minimum atomic E-state index is -0.965. The van der Waals surface area contributed by atoms with Gasteiger partial charge in [-0.1, -0.05) is 60.1 Å². The zero-order chi connectivity index (χ0) is 25.6. The molecule has 2 aromatic heterocycles. The van der Waals surface area contributed by atoms with Crippen molar-refractivity contribution in [1.82, 2.24) is 4.40 Å². The van der Waals surface area contributed by atoms with E-state index in [1.54, 1.807) is 42.5 Å². The Morgan fingerprint density at radius 2 is 1.59 bits per heavy atom. The van der Waals surface area contributed by atoms with Crippen LogP contribution in [0.25, 0.3) is 5.52 Å². The van der Waals surface area contributed by atoms with Crippen LogP contribution >= 0.6 is 11.6 Å². The third-order valence-corrected chi connectivity index (χ3v) is 6.50. The van der Waals surface area contributed by atoms with Crippen LogP contribution in [0.3, 0.4) is 0 Å². The highest BCUT2D eigenvalue weighted by Gasteiger charge is 2.37. The maximum absolute atomic E-state index is 13.9. The predicted octanol–water partition coefficient (Wildman–Crippen LogP) is 6.23. The number of carbonyl (C=O) groups is 3. The standard InChI is InChI=1S/C28H33ClN2O3/c1-16(2)18-12-13-31-21(14-18)22(25(33)27(3,4)5)20(15-28(6,7)26(30)34)23(31)24(32)17-8-10-19(29)11-9-17/h8-14,16H,15H2,1-7H3,(H2,30,34). The Morgan fingerprint density at radius 3 is 2.09 bits per heavy atom. The van der Waals surface area contributed by atoms with E-state index in [-0.39, 0.29) is 23.9 Å². The van der Waals surface area contributed by atoms with Gasteiger partial charge in [-0.05, 0) is 59.9 Å². The molecule has 2 N–H and O–H groups in total. The van der Waals surface area contributed by atoms with Gasteiger partial charge in [-0.15, -0.1) is 0 Å². The molecule has 34 heavy (non-hydrogen) atoms. The second-order valence-corrected chi connectivity index (χ2v) is 11.3. The van der Waals surface area contributed by atoms with Crippen LogP contribution in [0.5, 0.6) is 0 Å². The minimum absolute atomic E-state index is 0.0867. The molecular weight excluding hydrogens is 448 g/mol. The molecule has 6 heteroatoms. The van der Waals surface area contributed by atoms with E-state index in [4.69, 9.17) is 17.3 Å². The summed E-state index contributed by atoms with van der Waals surface area (Å²) in [6.45, 7) is 13.2. The summed E-state index contributed by atoms with van der Waals surface area (Å²) in [5, 5.41) is 0.525. The lowest BCUT2D eigenvalue weighted by molar-refractivity contribution is -0.125. The van der Waals surface area contributed by atoms with Crippen LogP contribution in [0.1, 0.15) is 91.9 Å². The summed E-state index contributed by atoms with van der Waals surface area (Å²) in [6.07, 6.45) is 2.00. The van der Waals surface area contributed by atoms with Gasteiger partial charge in [0.15, 0.2) is 5.78 Å². The number of ketones is 2. The largest absolute Gasteiger partial charge is 0.369 e. The number of rotatable bonds is 7. The number of carbonyl (C=O) groups excluding carboxylic acids is 3. The van der Waals surface area contributed by atoms with Crippen LogP contribution in [0.15, 0.2) is 42.6 Å². The maximum Gasteiger partial charge on any atom is 0.223 e. The van der Waals surface area contributed by atoms with Crippen LogP contribution in [0, 0.1) is 10.8 Å². The summed E-state index contributed by atoms with van der Waals surface area (Å²) < 4.78 is 1.79. The van der Waals surface area contributed by atoms with Crippen molar-refractivity contribution in [2.75, 3.05) is 0 Å². The van der Waals surface area contributed by atoms with Crippen molar-refractivity contribution in [3.8, 4) is 0 Å². The van der Waals surface area contributed by atoms with Gasteiger partial charge in [0.05, 0.1) is 11.2 Å². The van der Waals surface area contributed by atoms with Crippen molar-refractivity contribution in [3.63, 3.8) is 0 Å². The average molecular weight is 481 g/mol. The van der Waals surface area contributed by atoms with Crippen LogP contribution in [0.4, 0.5) is 0 Å². The highest BCUT2D eigenvalue weighted by molar-refractivity contribution is 6.30. The van der Waals surface area contributed by atoms with Gasteiger partial charge in [-0.25, -0.2) is 0 Å². The average Bonchev–Trinajstić information content (AvgIpc) is 3.04. The summed E-state index contributed by atoms with van der Waals surface area (Å²) >= 11 is 6.04. The Bertz CT molecular complexity index is 1280. The zero-order valence-corrected chi connectivity index (χ0v) is 21.7. The van der Waals surface area contributed by atoms with Crippen LogP contribution in [-0.2, 0) is 11.2 Å². The van der Waals surface area contributed by atoms with Gasteiger partial charge < -0.3 is 10.1 Å². The fourth-order valence-electron chi connectivity index (χ4n) is 4.00. The Balaban J connectivity index is 2.45. The van der Waals surface area contributed by atoms with E-state index in [1.165, 1.54) is 0 Å². The fraction of sp³-hybridized carbons (Fsp3) is 0.393. The quantitative estimate of drug-likeness (QED) is 0.407. The van der Waals surface area contributed by atoms with E-state index < -0.39 is 16.7 Å². The molecule has 3 rings (SSSR count). The molecule has 0 fully saturated rings. The second kappa shape index (κ2) is 9.03. The summed E-state index contributed by atoms with van der Waals surface area (Å²) in [7, 11) is 0. The number of fused-ring (bicyclic) bond motifs is 1. The number of aromatic nitrogens is 1. The lowest BCUT2D eigenvalue weighted by atomic mass is 9.79. The number of primary amides is 1. The molecule has 3 aromatic rings. The third kappa shape index (κ3) is 4.80. The number of pyridine rings is 1. The summed E-state index contributed by atoms with van der Waals surface area (Å²) in [6, 6.07) is 10.6. The van der Waals surface area contributed by atoms with E-state index in [0.29, 0.717) is 32.9 Å². The van der Waals surface area contributed by atoms with Crippen LogP contribution in [0.2, 0.25) is 5.02 Å². The lowest BCUT2D eigenvalue weighted by Crippen LogP contribution is -2.34. The zero-order valence-electron chi connectivity index (χ0n) is 21.0. The van der Waals surface area contributed by atoms with Crippen molar-refractivity contribution in [3.05, 3.63) is 75.6 Å². The first-order valence-corrected chi connectivity index (χ1v) is 11.8. The number of nitrogens with zero attached hydrogens (tertiary/aromatic N) is 1. The normalized spacial score (nSPS) is 12.4. The number of benzene rings is 1. The highest BCUT2D eigenvalue weighted by atomic mass is 35.5. The van der Waals surface area contributed by atoms with Gasteiger partial charge in [0.2, 0.25) is 11.7 Å². The second-order valence-electron chi connectivity index (χ2n) is 10.9. The smallest absolute Gasteiger partial charge is 0.223 e. The number of Topliss-reactive ketones (excluding diaryl/α,β-unsaturated/α-hetero) is 1. The minimum Gasteiger partial charge on any atom is -0.369 e. The number of amides is 1. The number of nitrogens with two attached hydrogens (primary N) is 1. The maximum atomic E-state index is 13.9. The summed E-state index contributed by atoms with van der Waals surface area (Å²) in [5.41, 5.74) is 7.61. The van der Waals surface area contributed by atoms with Crippen molar-refractivity contribution < 1.29 is 14.4 Å². The first-order valence-electron chi connectivity index (χ1n) is 11.5. The predicted molar refractivity (Wildman–Crippen MR) is 137 cm³/mol. The van der Waals surface area contributed by atoms with Crippen molar-refractivity contribution >= 4 is 34.6 Å². The molecule has 0 saturated carbocycles. The SMILES string of the molecule is CC(C)c1ccn2c(C(=O)c3ccc(Cl)cc3)c(CC(C)(C)C(N)=O)c(C(=O)C(C)(C)C)c2c1. The first kappa shape index (κ1) is 25.7. The molecular formula is C28H33ClN2O3. The van der Waals surface area contributed by atoms with E-state index in [2.05, 4.69) is 13.8 Å². The molecule has 2 heterocycles. The Hall–Kier alpha value is -2.92. The third-order valence-electron chi connectivity index (χ3n) is 6.25. The molecule has 5 nitrogen and oxygen atoms in total. The molecule has 0 saturated heterocycles. The van der Waals surface area contributed by atoms with Gasteiger partial charge in [-0.3, -0.25) is 14.4 Å². The molecule has 0 aliphatic carbocycles. The number of halogens is 1. The fourth-order valence-corrected chi connectivity index (χ4v) is 4.12. The summed E-state index contributed by atoms with van der Waals surface area (Å²) in [4.78, 5) is 39.9. The Labute approximate surface area is 206 Å². The van der Waals surface area contributed by atoms with E-state index in [9.17, 15) is 14.4 Å². The van der Waals surface area contributed by atoms with Gasteiger partial charge in [0, 0.05) is 33.2 Å². The molecule has 0 atom stereocenters. The van der Waals surface area contributed by atoms with Gasteiger partial charge >= 0.3 is 0 Å². The molecule has 0 bridgehead atoms. The molecule has 0 radical (unpaired) electrons. The van der Waals surface area contributed by atoms with Gasteiger partial charge in [0.1, 0.15) is 0 Å². The monoisotopic (exact) mass is 480 g/mol. The molecule has 1 aromatic carbocycles. The molecule has 180 valence electrons. The molecule has 1 amide bonds. The molecule has 0 unspecified atom stereocenters. The molecule has 0 aliphatic rings. The lowest BCUT2D eigenvalue weighted by Gasteiger charge is -2.23. The Morgan fingerprint density at radius 1 is 1.00 bits per heavy atom. The van der Waals surface area contributed by atoms with Crippen molar-refractivity contribution in [2.45, 2.75) is 60.8 Å². The van der Waals surface area contributed by atoms with E-state index in [0.717, 1.165) is 5.56 Å². The highest BCUT2D eigenvalue weighted by Crippen LogP contribution is 2.37. The van der Waals surface area contributed by atoms with Crippen molar-refractivity contribution in [2.24, 2.45) is 16.6 Å². The first-order chi connectivity index (χ1) is 15.6. The van der Waals surface area contributed by atoms with Crippen molar-refractivity contribution in [1.29, 1.82) is 0 Å². The number of hydrogen-bond acceptors (Lipinski definition) is 3. The number of hydrogen-bond donors (Lipinski definition) is 1. The van der Waals surface area contributed by atoms with E-state index >= 15 is 0 Å².